The monoisotopic (exact) mass is 271 g/mol. The van der Waals surface area contributed by atoms with Gasteiger partial charge in [-0.3, -0.25) is 4.79 Å². The molecule has 0 aromatic carbocycles. The van der Waals surface area contributed by atoms with Gasteiger partial charge < -0.3 is 14.7 Å². The minimum Gasteiger partial charge on any atom is -0.444 e. The van der Waals surface area contributed by atoms with Gasteiger partial charge in [-0.1, -0.05) is 0 Å². The molecule has 1 aliphatic rings. The zero-order chi connectivity index (χ0) is 14.5. The van der Waals surface area contributed by atoms with Crippen molar-refractivity contribution >= 4 is 11.9 Å². The second-order valence-corrected chi connectivity index (χ2v) is 6.04. The Balaban J connectivity index is 2.36. The first kappa shape index (κ1) is 16.0. The zero-order valence-corrected chi connectivity index (χ0v) is 12.1. The van der Waals surface area contributed by atoms with Crippen LogP contribution in [0.2, 0.25) is 0 Å². The van der Waals surface area contributed by atoms with E-state index in [9.17, 15) is 9.59 Å². The van der Waals surface area contributed by atoms with E-state index >= 15 is 0 Å². The molecule has 1 amide bonds. The summed E-state index contributed by atoms with van der Waals surface area (Å²) in [7, 11) is 0. The van der Waals surface area contributed by atoms with Crippen molar-refractivity contribution in [2.75, 3.05) is 19.7 Å². The fraction of sp³-hybridized carbons (Fsp3) is 0.857. The fourth-order valence-corrected chi connectivity index (χ4v) is 2.17. The molecule has 0 saturated carbocycles. The molecule has 1 saturated heterocycles. The van der Waals surface area contributed by atoms with Crippen LogP contribution in [0.15, 0.2) is 0 Å². The molecular weight excluding hydrogens is 246 g/mol. The number of carbonyl (C=O) groups is 2. The maximum Gasteiger partial charge on any atom is 0.410 e. The molecule has 0 bridgehead atoms. The Morgan fingerprint density at radius 1 is 1.26 bits per heavy atom. The van der Waals surface area contributed by atoms with Gasteiger partial charge in [0.2, 0.25) is 0 Å². The molecule has 0 aliphatic carbocycles. The summed E-state index contributed by atoms with van der Waals surface area (Å²) in [5.74, 6) is 0.239. The molecule has 0 unspecified atom stereocenters. The largest absolute Gasteiger partial charge is 0.444 e. The number of aliphatic hydroxyl groups excluding tert-OH is 1. The summed E-state index contributed by atoms with van der Waals surface area (Å²) in [6.45, 7) is 6.74. The Bertz CT molecular complexity index is 314. The Kier molecular flexibility index (Phi) is 5.79. The van der Waals surface area contributed by atoms with E-state index < -0.39 is 5.60 Å². The molecule has 19 heavy (non-hydrogen) atoms. The van der Waals surface area contributed by atoms with E-state index in [0.29, 0.717) is 38.8 Å². The van der Waals surface area contributed by atoms with Gasteiger partial charge in [-0.05, 0) is 40.0 Å². The number of ether oxygens (including phenoxy) is 1. The summed E-state index contributed by atoms with van der Waals surface area (Å²) in [6, 6.07) is 0. The third-order valence-electron chi connectivity index (χ3n) is 3.18. The van der Waals surface area contributed by atoms with Crippen LogP contribution in [0.25, 0.3) is 0 Å². The lowest BCUT2D eigenvalue weighted by atomic mass is 9.90. The Morgan fingerprint density at radius 2 is 1.84 bits per heavy atom. The summed E-state index contributed by atoms with van der Waals surface area (Å²) < 4.78 is 5.31. The predicted octanol–water partition coefficient (Wildman–Crippen LogP) is 1.98. The molecule has 0 aromatic heterocycles. The Labute approximate surface area is 114 Å². The van der Waals surface area contributed by atoms with Gasteiger partial charge in [0.25, 0.3) is 0 Å². The first-order chi connectivity index (χ1) is 8.83. The molecule has 5 heteroatoms. The van der Waals surface area contributed by atoms with Crippen LogP contribution in [0.3, 0.4) is 0 Å². The van der Waals surface area contributed by atoms with Crippen LogP contribution < -0.4 is 0 Å². The lowest BCUT2D eigenvalue weighted by Crippen LogP contribution is -2.43. The molecule has 0 radical (unpaired) electrons. The molecule has 5 nitrogen and oxygen atoms in total. The molecule has 1 N–H and O–H groups in total. The number of ketones is 1. The molecule has 1 fully saturated rings. The highest BCUT2D eigenvalue weighted by molar-refractivity contribution is 5.81. The van der Waals surface area contributed by atoms with Crippen LogP contribution in [0.1, 0.15) is 46.5 Å². The van der Waals surface area contributed by atoms with E-state index in [0.717, 1.165) is 0 Å². The van der Waals surface area contributed by atoms with E-state index in [1.54, 1.807) is 4.90 Å². The Hall–Kier alpha value is -1.10. The van der Waals surface area contributed by atoms with Gasteiger partial charge in [-0.2, -0.15) is 0 Å². The van der Waals surface area contributed by atoms with Crippen molar-refractivity contribution in [3.05, 3.63) is 0 Å². The number of likely N-dealkylation sites (tertiary alicyclic amines) is 1. The minimum absolute atomic E-state index is 0.0326. The maximum atomic E-state index is 11.8. The topological polar surface area (TPSA) is 66.8 Å². The normalized spacial score (nSPS) is 17.4. The first-order valence-electron chi connectivity index (χ1n) is 6.95. The van der Waals surface area contributed by atoms with Crippen molar-refractivity contribution in [3.8, 4) is 0 Å². The minimum atomic E-state index is -0.481. The van der Waals surface area contributed by atoms with Crippen LogP contribution in [0, 0.1) is 5.92 Å². The number of carbonyl (C=O) groups excluding carboxylic acids is 2. The van der Waals surface area contributed by atoms with Gasteiger partial charge in [0.15, 0.2) is 0 Å². The van der Waals surface area contributed by atoms with E-state index in [1.165, 1.54) is 0 Å². The first-order valence-corrected chi connectivity index (χ1v) is 6.95. The SMILES string of the molecule is CC(C)(C)OC(=O)N1CCC(C(=O)CCCO)CC1. The van der Waals surface area contributed by atoms with Gasteiger partial charge in [-0.25, -0.2) is 4.79 Å². The van der Waals surface area contributed by atoms with Crippen molar-refractivity contribution in [1.29, 1.82) is 0 Å². The third kappa shape index (κ3) is 5.59. The van der Waals surface area contributed by atoms with Crippen LogP contribution in [-0.2, 0) is 9.53 Å². The highest BCUT2D eigenvalue weighted by atomic mass is 16.6. The molecule has 1 aliphatic heterocycles. The van der Waals surface area contributed by atoms with Gasteiger partial charge in [0, 0.05) is 32.0 Å². The van der Waals surface area contributed by atoms with Gasteiger partial charge in [-0.15, -0.1) is 0 Å². The number of rotatable bonds is 4. The Morgan fingerprint density at radius 3 is 2.32 bits per heavy atom. The molecule has 1 rings (SSSR count). The van der Waals surface area contributed by atoms with Gasteiger partial charge in [0.1, 0.15) is 11.4 Å². The lowest BCUT2D eigenvalue weighted by molar-refractivity contribution is -0.124. The molecule has 0 atom stereocenters. The molecule has 0 aromatic rings. The highest BCUT2D eigenvalue weighted by Gasteiger charge is 2.29. The average Bonchev–Trinajstić information content (AvgIpc) is 2.34. The summed E-state index contributed by atoms with van der Waals surface area (Å²) in [5.41, 5.74) is -0.481. The fourth-order valence-electron chi connectivity index (χ4n) is 2.17. The molecule has 110 valence electrons. The number of aliphatic hydroxyl groups is 1. The van der Waals surface area contributed by atoms with Crippen molar-refractivity contribution in [2.24, 2.45) is 5.92 Å². The highest BCUT2D eigenvalue weighted by Crippen LogP contribution is 2.21. The predicted molar refractivity (Wildman–Crippen MR) is 71.9 cm³/mol. The number of Topliss-reactive ketones (excluding diaryl/α,β-unsaturated/α-hetero) is 1. The number of hydrogen-bond donors (Lipinski definition) is 1. The number of piperidine rings is 1. The van der Waals surface area contributed by atoms with Crippen molar-refractivity contribution < 1.29 is 19.4 Å². The quantitative estimate of drug-likeness (QED) is 0.849. The second kappa shape index (κ2) is 6.89. The summed E-state index contributed by atoms with van der Waals surface area (Å²) in [4.78, 5) is 25.3. The number of hydrogen-bond acceptors (Lipinski definition) is 4. The van der Waals surface area contributed by atoms with Crippen LogP contribution in [0.4, 0.5) is 4.79 Å². The smallest absolute Gasteiger partial charge is 0.410 e. The second-order valence-electron chi connectivity index (χ2n) is 6.04. The van der Waals surface area contributed by atoms with Crippen molar-refractivity contribution in [1.82, 2.24) is 4.90 Å². The standard InChI is InChI=1S/C14H25NO4/c1-14(2,3)19-13(18)15-8-6-11(7-9-15)12(17)5-4-10-16/h11,16H,4-10H2,1-3H3. The van der Waals surface area contributed by atoms with Crippen LogP contribution in [0.5, 0.6) is 0 Å². The van der Waals surface area contributed by atoms with Crippen LogP contribution >= 0.6 is 0 Å². The van der Waals surface area contributed by atoms with Gasteiger partial charge >= 0.3 is 6.09 Å². The zero-order valence-electron chi connectivity index (χ0n) is 12.1. The summed E-state index contributed by atoms with van der Waals surface area (Å²) >= 11 is 0. The van der Waals surface area contributed by atoms with E-state index in [-0.39, 0.29) is 24.4 Å². The summed E-state index contributed by atoms with van der Waals surface area (Å²) in [5, 5.41) is 8.71. The molecule has 1 heterocycles. The van der Waals surface area contributed by atoms with E-state index in [4.69, 9.17) is 9.84 Å². The maximum absolute atomic E-state index is 11.8. The van der Waals surface area contributed by atoms with E-state index in [1.807, 2.05) is 20.8 Å². The summed E-state index contributed by atoms with van der Waals surface area (Å²) in [6.07, 6.45) is 2.07. The molecule has 0 spiro atoms. The number of amides is 1. The number of nitrogens with zero attached hydrogens (tertiary/aromatic N) is 1. The van der Waals surface area contributed by atoms with Crippen molar-refractivity contribution in [2.45, 2.75) is 52.1 Å². The average molecular weight is 271 g/mol. The lowest BCUT2D eigenvalue weighted by Gasteiger charge is -2.32. The third-order valence-corrected chi connectivity index (χ3v) is 3.18. The van der Waals surface area contributed by atoms with Crippen LogP contribution in [-0.4, -0.2) is 47.2 Å². The van der Waals surface area contributed by atoms with Crippen molar-refractivity contribution in [3.63, 3.8) is 0 Å². The van der Waals surface area contributed by atoms with Gasteiger partial charge in [0.05, 0.1) is 0 Å². The van der Waals surface area contributed by atoms with E-state index in [2.05, 4.69) is 0 Å². The molecular formula is C14H25NO4.